The zero-order valence-electron chi connectivity index (χ0n) is 17.2. The van der Waals surface area contributed by atoms with Crippen molar-refractivity contribution in [2.24, 2.45) is 0 Å². The van der Waals surface area contributed by atoms with E-state index in [1.807, 2.05) is 57.2 Å². The molecule has 6 nitrogen and oxygen atoms in total. The molecule has 0 spiro atoms. The van der Waals surface area contributed by atoms with Crippen molar-refractivity contribution >= 4 is 12.1 Å². The first kappa shape index (κ1) is 20.9. The lowest BCUT2D eigenvalue weighted by Gasteiger charge is -2.36. The number of nitrogens with zero attached hydrogens (tertiary/aromatic N) is 2. The van der Waals surface area contributed by atoms with E-state index >= 15 is 0 Å². The minimum Gasteiger partial charge on any atom is -0.478 e. The molecular weight excluding hydrogens is 368 g/mol. The quantitative estimate of drug-likeness (QED) is 0.842. The summed E-state index contributed by atoms with van der Waals surface area (Å²) in [7, 11) is 0. The summed E-state index contributed by atoms with van der Waals surface area (Å²) in [6, 6.07) is 15.0. The van der Waals surface area contributed by atoms with Crippen LogP contribution >= 0.6 is 0 Å². The van der Waals surface area contributed by atoms with Crippen molar-refractivity contribution in [2.45, 2.75) is 32.9 Å². The lowest BCUT2D eigenvalue weighted by atomic mass is 9.94. The van der Waals surface area contributed by atoms with Gasteiger partial charge in [0.2, 0.25) is 0 Å². The monoisotopic (exact) mass is 396 g/mol. The van der Waals surface area contributed by atoms with Crippen molar-refractivity contribution in [3.63, 3.8) is 0 Å². The first-order valence-electron chi connectivity index (χ1n) is 9.85. The summed E-state index contributed by atoms with van der Waals surface area (Å²) in [4.78, 5) is 28.0. The molecule has 1 heterocycles. The summed E-state index contributed by atoms with van der Waals surface area (Å²) in [5.41, 5.74) is 2.43. The van der Waals surface area contributed by atoms with E-state index in [-0.39, 0.29) is 6.09 Å². The van der Waals surface area contributed by atoms with Crippen LogP contribution in [0.25, 0.3) is 11.1 Å². The average Bonchev–Trinajstić information content (AvgIpc) is 2.67. The molecule has 29 heavy (non-hydrogen) atoms. The molecule has 0 atom stereocenters. The van der Waals surface area contributed by atoms with Gasteiger partial charge in [-0.3, -0.25) is 4.90 Å². The maximum Gasteiger partial charge on any atom is 0.410 e. The number of carbonyl (C=O) groups is 2. The van der Waals surface area contributed by atoms with Gasteiger partial charge in [-0.25, -0.2) is 9.59 Å². The number of hydrogen-bond donors (Lipinski definition) is 1. The minimum atomic E-state index is -0.930. The minimum absolute atomic E-state index is 0.282. The van der Waals surface area contributed by atoms with Crippen LogP contribution in [0, 0.1) is 0 Å². The van der Waals surface area contributed by atoms with Crippen LogP contribution in [0.3, 0.4) is 0 Å². The van der Waals surface area contributed by atoms with Gasteiger partial charge in [-0.05, 0) is 38.0 Å². The van der Waals surface area contributed by atoms with Gasteiger partial charge >= 0.3 is 12.1 Å². The van der Waals surface area contributed by atoms with Crippen molar-refractivity contribution in [3.05, 3.63) is 59.7 Å². The van der Waals surface area contributed by atoms with Gasteiger partial charge < -0.3 is 14.7 Å². The molecule has 0 unspecified atom stereocenters. The highest BCUT2D eigenvalue weighted by atomic mass is 16.6. The first-order chi connectivity index (χ1) is 13.7. The van der Waals surface area contributed by atoms with E-state index in [0.717, 1.165) is 16.7 Å². The summed E-state index contributed by atoms with van der Waals surface area (Å²) in [6.07, 6.45) is -0.282. The lowest BCUT2D eigenvalue weighted by Crippen LogP contribution is -2.49. The molecule has 0 aromatic heterocycles. The highest BCUT2D eigenvalue weighted by molar-refractivity contribution is 5.97. The van der Waals surface area contributed by atoms with Gasteiger partial charge in [0.25, 0.3) is 0 Å². The Kier molecular flexibility index (Phi) is 6.23. The largest absolute Gasteiger partial charge is 0.478 e. The van der Waals surface area contributed by atoms with Crippen LogP contribution in [-0.4, -0.2) is 58.7 Å². The fourth-order valence-electron chi connectivity index (χ4n) is 3.51. The molecule has 0 bridgehead atoms. The Balaban J connectivity index is 1.74. The fraction of sp³-hybridized carbons (Fsp3) is 0.391. The van der Waals surface area contributed by atoms with Crippen LogP contribution in [-0.2, 0) is 11.3 Å². The SMILES string of the molecule is CC(C)(C)OC(=O)N1CCN(Cc2cccc(C(=O)O)c2-c2ccccc2)CC1. The maximum atomic E-state index is 12.3. The van der Waals surface area contributed by atoms with E-state index in [2.05, 4.69) is 4.90 Å². The Morgan fingerprint density at radius 1 is 0.966 bits per heavy atom. The highest BCUT2D eigenvalue weighted by Gasteiger charge is 2.26. The van der Waals surface area contributed by atoms with Crippen LogP contribution in [0.5, 0.6) is 0 Å². The van der Waals surface area contributed by atoms with Gasteiger partial charge in [-0.1, -0.05) is 42.5 Å². The number of carbonyl (C=O) groups excluding carboxylic acids is 1. The molecular formula is C23H28N2O4. The third-order valence-corrected chi connectivity index (χ3v) is 4.86. The lowest BCUT2D eigenvalue weighted by molar-refractivity contribution is 0.0139. The van der Waals surface area contributed by atoms with Crippen LogP contribution in [0.1, 0.15) is 36.7 Å². The number of benzene rings is 2. The molecule has 2 aromatic rings. The normalized spacial score (nSPS) is 15.2. The number of aromatic carboxylic acids is 1. The molecule has 1 aliphatic heterocycles. The second-order valence-corrected chi connectivity index (χ2v) is 8.25. The van der Waals surface area contributed by atoms with Crippen molar-refractivity contribution in [1.29, 1.82) is 0 Å². The molecule has 1 N–H and O–H groups in total. The standard InChI is InChI=1S/C23H28N2O4/c1-23(2,3)29-22(28)25-14-12-24(13-15-25)16-18-10-7-11-19(21(26)27)20(18)17-8-5-4-6-9-17/h4-11H,12-16H2,1-3H3,(H,26,27). The third kappa shape index (κ3) is 5.35. The number of ether oxygens (including phenoxy) is 1. The topological polar surface area (TPSA) is 70.1 Å². The molecule has 0 aliphatic carbocycles. The molecule has 1 amide bonds. The second kappa shape index (κ2) is 8.66. The predicted molar refractivity (Wildman–Crippen MR) is 112 cm³/mol. The fourth-order valence-corrected chi connectivity index (χ4v) is 3.51. The average molecular weight is 396 g/mol. The molecule has 154 valence electrons. The Bertz CT molecular complexity index is 866. The zero-order valence-corrected chi connectivity index (χ0v) is 17.2. The van der Waals surface area contributed by atoms with E-state index in [1.165, 1.54) is 0 Å². The van der Waals surface area contributed by atoms with Crippen molar-refractivity contribution in [3.8, 4) is 11.1 Å². The van der Waals surface area contributed by atoms with Gasteiger partial charge in [-0.15, -0.1) is 0 Å². The maximum absolute atomic E-state index is 12.3. The van der Waals surface area contributed by atoms with E-state index < -0.39 is 11.6 Å². The van der Waals surface area contributed by atoms with Crippen molar-refractivity contribution in [1.82, 2.24) is 9.80 Å². The van der Waals surface area contributed by atoms with Gasteiger partial charge in [0, 0.05) is 38.3 Å². The van der Waals surface area contributed by atoms with Crippen molar-refractivity contribution < 1.29 is 19.4 Å². The van der Waals surface area contributed by atoms with Crippen LogP contribution in [0.2, 0.25) is 0 Å². The van der Waals surface area contributed by atoms with Gasteiger partial charge in [0.15, 0.2) is 0 Å². The highest BCUT2D eigenvalue weighted by Crippen LogP contribution is 2.29. The third-order valence-electron chi connectivity index (χ3n) is 4.86. The summed E-state index contributed by atoms with van der Waals surface area (Å²) in [5.74, 6) is -0.930. The molecule has 0 saturated carbocycles. The predicted octanol–water partition coefficient (Wildman–Crippen LogP) is 4.10. The van der Waals surface area contributed by atoms with Crippen LogP contribution in [0.4, 0.5) is 4.79 Å². The molecule has 0 radical (unpaired) electrons. The Labute approximate surface area is 171 Å². The number of rotatable bonds is 4. The molecule has 1 aliphatic rings. The van der Waals surface area contributed by atoms with Gasteiger partial charge in [-0.2, -0.15) is 0 Å². The van der Waals surface area contributed by atoms with Gasteiger partial charge in [0.05, 0.1) is 5.56 Å². The number of amides is 1. The smallest absolute Gasteiger partial charge is 0.410 e. The van der Waals surface area contributed by atoms with E-state index in [9.17, 15) is 14.7 Å². The first-order valence-corrected chi connectivity index (χ1v) is 9.85. The Morgan fingerprint density at radius 3 is 2.21 bits per heavy atom. The van der Waals surface area contributed by atoms with Crippen LogP contribution in [0.15, 0.2) is 48.5 Å². The van der Waals surface area contributed by atoms with E-state index in [0.29, 0.717) is 38.3 Å². The zero-order chi connectivity index (χ0) is 21.0. The number of piperazine rings is 1. The number of hydrogen-bond acceptors (Lipinski definition) is 4. The molecule has 6 heteroatoms. The van der Waals surface area contributed by atoms with E-state index in [4.69, 9.17) is 4.74 Å². The van der Waals surface area contributed by atoms with Crippen LogP contribution < -0.4 is 0 Å². The number of carboxylic acid groups (broad SMARTS) is 1. The summed E-state index contributed by atoms with van der Waals surface area (Å²) in [5, 5.41) is 9.67. The Hall–Kier alpha value is -2.86. The molecule has 3 rings (SSSR count). The molecule has 1 fully saturated rings. The number of carboxylic acids is 1. The molecule has 1 saturated heterocycles. The Morgan fingerprint density at radius 2 is 1.62 bits per heavy atom. The van der Waals surface area contributed by atoms with Gasteiger partial charge in [0.1, 0.15) is 5.60 Å². The van der Waals surface area contributed by atoms with E-state index in [1.54, 1.807) is 17.0 Å². The summed E-state index contributed by atoms with van der Waals surface area (Å²) < 4.78 is 5.45. The summed E-state index contributed by atoms with van der Waals surface area (Å²) >= 11 is 0. The second-order valence-electron chi connectivity index (χ2n) is 8.25. The molecule has 2 aromatic carbocycles. The summed E-state index contributed by atoms with van der Waals surface area (Å²) in [6.45, 7) is 8.83. The van der Waals surface area contributed by atoms with Crippen molar-refractivity contribution in [2.75, 3.05) is 26.2 Å².